The Kier molecular flexibility index (Phi) is 4.28. The van der Waals surface area contributed by atoms with E-state index < -0.39 is 5.97 Å². The fourth-order valence-corrected chi connectivity index (χ4v) is 1.28. The third-order valence-electron chi connectivity index (χ3n) is 2.06. The normalized spacial score (nSPS) is 9.25. The van der Waals surface area contributed by atoms with E-state index in [1.54, 1.807) is 12.2 Å². The maximum Gasteiger partial charge on any atom is 0.330 e. The number of carbonyl (C=O) groups excluding carboxylic acids is 1. The molecular weight excluding hydrogens is 200 g/mol. The molecule has 0 fully saturated rings. The van der Waals surface area contributed by atoms with Gasteiger partial charge in [-0.25, -0.2) is 4.79 Å². The number of esters is 1. The number of ether oxygens (including phenoxy) is 1. The Labute approximate surface area is 95.6 Å². The van der Waals surface area contributed by atoms with Gasteiger partial charge in [-0.1, -0.05) is 31.9 Å². The van der Waals surface area contributed by atoms with Crippen molar-refractivity contribution in [1.29, 1.82) is 0 Å². The summed E-state index contributed by atoms with van der Waals surface area (Å²) < 4.78 is 4.95. The van der Waals surface area contributed by atoms with E-state index in [1.165, 1.54) is 0 Å². The Morgan fingerprint density at radius 1 is 1.12 bits per heavy atom. The van der Waals surface area contributed by atoms with Crippen molar-refractivity contribution in [2.45, 2.75) is 6.61 Å². The van der Waals surface area contributed by atoms with Gasteiger partial charge in [0.15, 0.2) is 0 Å². The van der Waals surface area contributed by atoms with Gasteiger partial charge in [-0.05, 0) is 34.9 Å². The molecule has 1 aromatic rings. The SMILES string of the molecule is C=CC(=O)OCc1cc(C=C)cc(C=C)c1. The Balaban J connectivity index is 2.86. The summed E-state index contributed by atoms with van der Waals surface area (Å²) in [6.07, 6.45) is 4.63. The molecule has 0 aliphatic heterocycles. The molecule has 1 aromatic carbocycles. The van der Waals surface area contributed by atoms with Gasteiger partial charge in [0.2, 0.25) is 0 Å². The number of hydrogen-bond acceptors (Lipinski definition) is 2. The first kappa shape index (κ1) is 12.0. The summed E-state index contributed by atoms with van der Waals surface area (Å²) in [6, 6.07) is 5.78. The molecule has 0 amide bonds. The van der Waals surface area contributed by atoms with Crippen LogP contribution >= 0.6 is 0 Å². The van der Waals surface area contributed by atoms with Crippen molar-refractivity contribution in [1.82, 2.24) is 0 Å². The average molecular weight is 214 g/mol. The molecular formula is C14H14O2. The van der Waals surface area contributed by atoms with E-state index in [9.17, 15) is 4.79 Å². The van der Waals surface area contributed by atoms with Crippen LogP contribution in [0.3, 0.4) is 0 Å². The standard InChI is InChI=1S/C14H14O2/c1-4-11-7-12(5-2)9-13(8-11)10-16-14(15)6-3/h4-9H,1-3,10H2. The highest BCUT2D eigenvalue weighted by Gasteiger charge is 2.00. The van der Waals surface area contributed by atoms with Crippen molar-refractivity contribution < 1.29 is 9.53 Å². The molecule has 0 atom stereocenters. The van der Waals surface area contributed by atoms with E-state index in [0.717, 1.165) is 22.8 Å². The molecule has 16 heavy (non-hydrogen) atoms. The van der Waals surface area contributed by atoms with Crippen molar-refractivity contribution in [3.05, 3.63) is 60.7 Å². The molecule has 0 aliphatic carbocycles. The van der Waals surface area contributed by atoms with Crippen LogP contribution in [0, 0.1) is 0 Å². The summed E-state index contributed by atoms with van der Waals surface area (Å²) in [5.74, 6) is -0.427. The number of rotatable bonds is 5. The lowest BCUT2D eigenvalue weighted by molar-refractivity contribution is -0.138. The molecule has 2 nitrogen and oxygen atoms in total. The second kappa shape index (κ2) is 5.71. The van der Waals surface area contributed by atoms with Crippen LogP contribution in [-0.4, -0.2) is 5.97 Å². The zero-order chi connectivity index (χ0) is 12.0. The van der Waals surface area contributed by atoms with Gasteiger partial charge in [-0.15, -0.1) is 0 Å². The smallest absolute Gasteiger partial charge is 0.330 e. The van der Waals surface area contributed by atoms with Crippen LogP contribution in [0.25, 0.3) is 12.2 Å². The van der Waals surface area contributed by atoms with E-state index in [0.29, 0.717) is 0 Å². The lowest BCUT2D eigenvalue weighted by Gasteiger charge is -2.05. The number of benzene rings is 1. The van der Waals surface area contributed by atoms with Gasteiger partial charge < -0.3 is 4.74 Å². The summed E-state index contributed by atoms with van der Waals surface area (Å²) >= 11 is 0. The minimum atomic E-state index is -0.427. The van der Waals surface area contributed by atoms with E-state index in [1.807, 2.05) is 18.2 Å². The quantitative estimate of drug-likeness (QED) is 0.555. The molecule has 0 saturated heterocycles. The number of hydrogen-bond donors (Lipinski definition) is 0. The molecule has 82 valence electrons. The Hall–Kier alpha value is -2.09. The van der Waals surface area contributed by atoms with Crippen LogP contribution in [0.1, 0.15) is 16.7 Å². The zero-order valence-electron chi connectivity index (χ0n) is 9.11. The second-order valence-corrected chi connectivity index (χ2v) is 3.23. The molecule has 0 saturated carbocycles. The number of carbonyl (C=O) groups is 1. The minimum Gasteiger partial charge on any atom is -0.458 e. The fraction of sp³-hybridized carbons (Fsp3) is 0.0714. The van der Waals surface area contributed by atoms with Gasteiger partial charge in [0.25, 0.3) is 0 Å². The Morgan fingerprint density at radius 2 is 1.69 bits per heavy atom. The van der Waals surface area contributed by atoms with Crippen LogP contribution in [-0.2, 0) is 16.1 Å². The van der Waals surface area contributed by atoms with E-state index in [-0.39, 0.29) is 6.61 Å². The summed E-state index contributed by atoms with van der Waals surface area (Å²) in [6.45, 7) is 11.0. The van der Waals surface area contributed by atoms with Gasteiger partial charge in [-0.2, -0.15) is 0 Å². The molecule has 0 N–H and O–H groups in total. The predicted molar refractivity (Wildman–Crippen MR) is 66.6 cm³/mol. The van der Waals surface area contributed by atoms with Crippen LogP contribution in [0.2, 0.25) is 0 Å². The lowest BCUT2D eigenvalue weighted by atomic mass is 10.1. The average Bonchev–Trinajstić information content (AvgIpc) is 2.35. The maximum absolute atomic E-state index is 10.9. The predicted octanol–water partition coefficient (Wildman–Crippen LogP) is 3.20. The van der Waals surface area contributed by atoms with Crippen LogP contribution in [0.15, 0.2) is 44.0 Å². The third kappa shape index (κ3) is 3.24. The molecule has 0 aliphatic rings. The van der Waals surface area contributed by atoms with Crippen LogP contribution in [0.4, 0.5) is 0 Å². The maximum atomic E-state index is 10.9. The van der Waals surface area contributed by atoms with Crippen LogP contribution in [0.5, 0.6) is 0 Å². The van der Waals surface area contributed by atoms with Gasteiger partial charge in [0.05, 0.1) is 0 Å². The van der Waals surface area contributed by atoms with Crippen molar-refractivity contribution >= 4 is 18.1 Å². The minimum absolute atomic E-state index is 0.230. The second-order valence-electron chi connectivity index (χ2n) is 3.23. The van der Waals surface area contributed by atoms with Crippen molar-refractivity contribution in [3.8, 4) is 0 Å². The monoisotopic (exact) mass is 214 g/mol. The molecule has 0 radical (unpaired) electrons. The molecule has 0 aromatic heterocycles. The highest BCUT2D eigenvalue weighted by atomic mass is 16.5. The van der Waals surface area contributed by atoms with E-state index >= 15 is 0 Å². The summed E-state index contributed by atoms with van der Waals surface area (Å²) in [5, 5.41) is 0. The van der Waals surface area contributed by atoms with Crippen molar-refractivity contribution in [3.63, 3.8) is 0 Å². The lowest BCUT2D eigenvalue weighted by Crippen LogP contribution is -2.00. The largest absolute Gasteiger partial charge is 0.458 e. The van der Waals surface area contributed by atoms with Gasteiger partial charge >= 0.3 is 5.97 Å². The first-order valence-corrected chi connectivity index (χ1v) is 4.87. The zero-order valence-corrected chi connectivity index (χ0v) is 9.11. The Bertz CT molecular complexity index is 404. The molecule has 0 heterocycles. The third-order valence-corrected chi connectivity index (χ3v) is 2.06. The summed E-state index contributed by atoms with van der Waals surface area (Å²) in [7, 11) is 0. The topological polar surface area (TPSA) is 26.3 Å². The highest BCUT2D eigenvalue weighted by molar-refractivity contribution is 5.81. The van der Waals surface area contributed by atoms with Crippen LogP contribution < -0.4 is 0 Å². The van der Waals surface area contributed by atoms with Gasteiger partial charge in [-0.3, -0.25) is 0 Å². The molecule has 2 heteroatoms. The fourth-order valence-electron chi connectivity index (χ4n) is 1.28. The Morgan fingerprint density at radius 3 is 2.12 bits per heavy atom. The van der Waals surface area contributed by atoms with Gasteiger partial charge in [0, 0.05) is 6.08 Å². The van der Waals surface area contributed by atoms with Crippen molar-refractivity contribution in [2.24, 2.45) is 0 Å². The van der Waals surface area contributed by atoms with Gasteiger partial charge in [0.1, 0.15) is 6.61 Å². The first-order valence-electron chi connectivity index (χ1n) is 4.87. The molecule has 0 bridgehead atoms. The summed E-state index contributed by atoms with van der Waals surface area (Å²) in [4.78, 5) is 10.9. The molecule has 0 unspecified atom stereocenters. The molecule has 0 spiro atoms. The summed E-state index contributed by atoms with van der Waals surface area (Å²) in [5.41, 5.74) is 2.85. The molecule has 1 rings (SSSR count). The van der Waals surface area contributed by atoms with E-state index in [4.69, 9.17) is 4.74 Å². The highest BCUT2D eigenvalue weighted by Crippen LogP contribution is 2.13. The van der Waals surface area contributed by atoms with E-state index in [2.05, 4.69) is 19.7 Å². The first-order chi connectivity index (χ1) is 7.69. The van der Waals surface area contributed by atoms with Crippen molar-refractivity contribution in [2.75, 3.05) is 0 Å².